The first-order valence-electron chi connectivity index (χ1n) is 8.00. The standard InChI is InChI=1S/C15H31N3O/c1-13(2)17-8-9-19-15(11-17)12-18-7-5-3-4-6-14(18)10-16/h13-15H,3-12,16H2,1-2H3. The predicted octanol–water partition coefficient (Wildman–Crippen LogP) is 1.30. The van der Waals surface area contributed by atoms with Crippen LogP contribution in [0.15, 0.2) is 0 Å². The number of nitrogens with two attached hydrogens (primary N) is 1. The molecule has 0 aromatic rings. The third-order valence-corrected chi connectivity index (χ3v) is 4.61. The van der Waals surface area contributed by atoms with Gasteiger partial charge in [-0.25, -0.2) is 0 Å². The van der Waals surface area contributed by atoms with Gasteiger partial charge < -0.3 is 10.5 Å². The molecule has 2 fully saturated rings. The van der Waals surface area contributed by atoms with Gasteiger partial charge in [0.2, 0.25) is 0 Å². The number of morpholine rings is 1. The fourth-order valence-electron chi connectivity index (χ4n) is 3.33. The Balaban J connectivity index is 1.87. The monoisotopic (exact) mass is 269 g/mol. The van der Waals surface area contributed by atoms with Gasteiger partial charge in [0.05, 0.1) is 12.7 Å². The quantitative estimate of drug-likeness (QED) is 0.835. The van der Waals surface area contributed by atoms with E-state index in [0.717, 1.165) is 32.8 Å². The molecule has 4 nitrogen and oxygen atoms in total. The summed E-state index contributed by atoms with van der Waals surface area (Å²) in [4.78, 5) is 5.12. The van der Waals surface area contributed by atoms with Crippen LogP contribution in [0.3, 0.4) is 0 Å². The molecular formula is C15H31N3O. The number of hydrogen-bond donors (Lipinski definition) is 1. The van der Waals surface area contributed by atoms with Crippen molar-refractivity contribution in [1.29, 1.82) is 0 Å². The maximum absolute atomic E-state index is 5.97. The summed E-state index contributed by atoms with van der Waals surface area (Å²) in [5, 5.41) is 0. The molecule has 0 aromatic heterocycles. The lowest BCUT2D eigenvalue weighted by Gasteiger charge is -2.39. The SMILES string of the molecule is CC(C)N1CCOC(CN2CCCCCC2CN)C1. The molecule has 0 radical (unpaired) electrons. The smallest absolute Gasteiger partial charge is 0.0829 e. The van der Waals surface area contributed by atoms with Crippen LogP contribution in [-0.2, 0) is 4.74 Å². The topological polar surface area (TPSA) is 41.7 Å². The van der Waals surface area contributed by atoms with Crippen molar-refractivity contribution in [2.75, 3.05) is 39.3 Å². The van der Waals surface area contributed by atoms with Gasteiger partial charge in [-0.1, -0.05) is 12.8 Å². The third kappa shape index (κ3) is 4.42. The average molecular weight is 269 g/mol. The van der Waals surface area contributed by atoms with Gasteiger partial charge in [0.25, 0.3) is 0 Å². The predicted molar refractivity (Wildman–Crippen MR) is 79.3 cm³/mol. The molecule has 2 atom stereocenters. The van der Waals surface area contributed by atoms with Crippen molar-refractivity contribution in [1.82, 2.24) is 9.80 Å². The summed E-state index contributed by atoms with van der Waals surface area (Å²) >= 11 is 0. The number of hydrogen-bond acceptors (Lipinski definition) is 4. The van der Waals surface area contributed by atoms with Crippen LogP contribution in [0.1, 0.15) is 39.5 Å². The molecule has 2 aliphatic heterocycles. The molecule has 0 saturated carbocycles. The first-order valence-corrected chi connectivity index (χ1v) is 8.00. The maximum Gasteiger partial charge on any atom is 0.0829 e. The number of nitrogens with zero attached hydrogens (tertiary/aromatic N) is 2. The second-order valence-corrected chi connectivity index (χ2v) is 6.32. The van der Waals surface area contributed by atoms with E-state index in [4.69, 9.17) is 10.5 Å². The zero-order valence-corrected chi connectivity index (χ0v) is 12.7. The van der Waals surface area contributed by atoms with Gasteiger partial charge >= 0.3 is 0 Å². The van der Waals surface area contributed by atoms with Crippen molar-refractivity contribution >= 4 is 0 Å². The van der Waals surface area contributed by atoms with Crippen molar-refractivity contribution in [2.45, 2.75) is 57.7 Å². The highest BCUT2D eigenvalue weighted by atomic mass is 16.5. The van der Waals surface area contributed by atoms with Crippen LogP contribution < -0.4 is 5.73 Å². The van der Waals surface area contributed by atoms with Crippen molar-refractivity contribution in [3.8, 4) is 0 Å². The lowest BCUT2D eigenvalue weighted by atomic mass is 10.1. The number of ether oxygens (including phenoxy) is 1. The van der Waals surface area contributed by atoms with Crippen molar-refractivity contribution in [2.24, 2.45) is 5.73 Å². The summed E-state index contributed by atoms with van der Waals surface area (Å²) in [6, 6.07) is 1.20. The normalized spacial score (nSPS) is 31.6. The minimum atomic E-state index is 0.364. The van der Waals surface area contributed by atoms with E-state index in [0.29, 0.717) is 18.2 Å². The van der Waals surface area contributed by atoms with E-state index >= 15 is 0 Å². The Hall–Kier alpha value is -0.160. The number of likely N-dealkylation sites (tertiary alicyclic amines) is 1. The van der Waals surface area contributed by atoms with E-state index in [-0.39, 0.29) is 0 Å². The summed E-state index contributed by atoms with van der Waals surface area (Å²) in [5.41, 5.74) is 5.95. The lowest BCUT2D eigenvalue weighted by molar-refractivity contribution is -0.0562. The molecule has 0 spiro atoms. The highest BCUT2D eigenvalue weighted by Crippen LogP contribution is 2.18. The molecule has 0 bridgehead atoms. The summed E-state index contributed by atoms with van der Waals surface area (Å²) in [6.07, 6.45) is 5.63. The van der Waals surface area contributed by atoms with Crippen LogP contribution >= 0.6 is 0 Å². The highest BCUT2D eigenvalue weighted by molar-refractivity contribution is 4.82. The van der Waals surface area contributed by atoms with E-state index in [9.17, 15) is 0 Å². The largest absolute Gasteiger partial charge is 0.374 e. The second-order valence-electron chi connectivity index (χ2n) is 6.32. The Labute approximate surface area is 118 Å². The Morgan fingerprint density at radius 3 is 2.79 bits per heavy atom. The van der Waals surface area contributed by atoms with Crippen molar-refractivity contribution in [3.05, 3.63) is 0 Å². The molecule has 2 aliphatic rings. The summed E-state index contributed by atoms with van der Waals surface area (Å²) in [7, 11) is 0. The van der Waals surface area contributed by atoms with E-state index in [1.165, 1.54) is 32.2 Å². The molecular weight excluding hydrogens is 238 g/mol. The molecule has 0 amide bonds. The minimum absolute atomic E-state index is 0.364. The van der Waals surface area contributed by atoms with Gasteiger partial charge in [-0.3, -0.25) is 9.80 Å². The van der Waals surface area contributed by atoms with Crippen molar-refractivity contribution in [3.63, 3.8) is 0 Å². The average Bonchev–Trinajstić information content (AvgIpc) is 2.64. The Bertz CT molecular complexity index is 260. The molecule has 0 aromatic carbocycles. The third-order valence-electron chi connectivity index (χ3n) is 4.61. The van der Waals surface area contributed by atoms with Gasteiger partial charge in [-0.05, 0) is 33.2 Å². The minimum Gasteiger partial charge on any atom is -0.374 e. The molecule has 4 heteroatoms. The summed E-state index contributed by atoms with van der Waals surface area (Å²) in [6.45, 7) is 10.6. The zero-order chi connectivity index (χ0) is 13.7. The maximum atomic E-state index is 5.97. The van der Waals surface area contributed by atoms with E-state index < -0.39 is 0 Å². The van der Waals surface area contributed by atoms with E-state index in [2.05, 4.69) is 23.6 Å². The summed E-state index contributed by atoms with van der Waals surface area (Å²) < 4.78 is 5.97. The second kappa shape index (κ2) is 7.58. The zero-order valence-electron chi connectivity index (χ0n) is 12.7. The van der Waals surface area contributed by atoms with Crippen LogP contribution in [0.2, 0.25) is 0 Å². The molecule has 2 N–H and O–H groups in total. The lowest BCUT2D eigenvalue weighted by Crippen LogP contribution is -2.52. The fourth-order valence-corrected chi connectivity index (χ4v) is 3.33. The van der Waals surface area contributed by atoms with Gasteiger partial charge in [-0.2, -0.15) is 0 Å². The van der Waals surface area contributed by atoms with Crippen LogP contribution in [0.5, 0.6) is 0 Å². The highest BCUT2D eigenvalue weighted by Gasteiger charge is 2.27. The Morgan fingerprint density at radius 1 is 1.21 bits per heavy atom. The van der Waals surface area contributed by atoms with Crippen LogP contribution in [0, 0.1) is 0 Å². The fraction of sp³-hybridized carbons (Fsp3) is 1.00. The molecule has 19 heavy (non-hydrogen) atoms. The number of rotatable bonds is 4. The molecule has 2 saturated heterocycles. The van der Waals surface area contributed by atoms with Gasteiger partial charge in [0, 0.05) is 38.3 Å². The van der Waals surface area contributed by atoms with Crippen LogP contribution in [0.4, 0.5) is 0 Å². The van der Waals surface area contributed by atoms with Gasteiger partial charge in [0.15, 0.2) is 0 Å². The molecule has 0 aliphatic carbocycles. The Kier molecular flexibility index (Phi) is 6.07. The van der Waals surface area contributed by atoms with Crippen LogP contribution in [0.25, 0.3) is 0 Å². The molecule has 2 heterocycles. The molecule has 2 unspecified atom stereocenters. The van der Waals surface area contributed by atoms with Crippen LogP contribution in [-0.4, -0.2) is 67.3 Å². The first kappa shape index (κ1) is 15.2. The first-order chi connectivity index (χ1) is 9.20. The van der Waals surface area contributed by atoms with Gasteiger partial charge in [-0.15, -0.1) is 0 Å². The van der Waals surface area contributed by atoms with Crippen molar-refractivity contribution < 1.29 is 4.74 Å². The van der Waals surface area contributed by atoms with E-state index in [1.807, 2.05) is 0 Å². The molecule has 2 rings (SSSR count). The Morgan fingerprint density at radius 2 is 2.05 bits per heavy atom. The van der Waals surface area contributed by atoms with E-state index in [1.54, 1.807) is 0 Å². The van der Waals surface area contributed by atoms with Gasteiger partial charge in [0.1, 0.15) is 0 Å². The summed E-state index contributed by atoms with van der Waals surface area (Å²) in [5.74, 6) is 0. The molecule has 112 valence electrons.